The van der Waals surface area contributed by atoms with E-state index in [1.807, 2.05) is 0 Å². The Morgan fingerprint density at radius 2 is 2.00 bits per heavy atom. The fourth-order valence-electron chi connectivity index (χ4n) is 2.37. The average Bonchev–Trinajstić information content (AvgIpc) is 2.52. The second-order valence-electron chi connectivity index (χ2n) is 5.64. The van der Waals surface area contributed by atoms with Gasteiger partial charge in [-0.05, 0) is 12.8 Å². The number of terminal acetylenes is 1. The van der Waals surface area contributed by atoms with Crippen LogP contribution in [0.4, 0.5) is 0 Å². The van der Waals surface area contributed by atoms with Gasteiger partial charge in [-0.1, -0.05) is 6.92 Å². The second-order valence-corrected chi connectivity index (χ2v) is 5.64. The first-order chi connectivity index (χ1) is 10.5. The van der Waals surface area contributed by atoms with E-state index in [-0.39, 0.29) is 12.4 Å². The first-order valence-electron chi connectivity index (χ1n) is 7.70. The van der Waals surface area contributed by atoms with Crippen LogP contribution in [0.5, 0.6) is 0 Å². The summed E-state index contributed by atoms with van der Waals surface area (Å²) in [6, 6.07) is 0. The number of unbranched alkanes of at least 4 members (excludes halogenated alkanes) is 1. The number of ketones is 1. The summed E-state index contributed by atoms with van der Waals surface area (Å²) in [6.45, 7) is 1.72. The van der Waals surface area contributed by atoms with Gasteiger partial charge in [-0.3, -0.25) is 4.79 Å². The van der Waals surface area contributed by atoms with Crippen molar-refractivity contribution in [3.8, 4) is 12.3 Å². The smallest absolute Gasteiger partial charge is 0.163 e. The maximum Gasteiger partial charge on any atom is 0.163 e. The molecule has 22 heavy (non-hydrogen) atoms. The number of ether oxygens (including phenoxy) is 2. The fraction of sp³-hybridized carbons (Fsp3) is 0.812. The minimum absolute atomic E-state index is 0.152. The van der Waals surface area contributed by atoms with Crippen LogP contribution in [0.2, 0.25) is 0 Å². The molecule has 0 aliphatic carbocycles. The predicted octanol–water partition coefficient (Wildman–Crippen LogP) is 0.231. The van der Waals surface area contributed by atoms with Gasteiger partial charge in [0.2, 0.25) is 0 Å². The van der Waals surface area contributed by atoms with Crippen LogP contribution >= 0.6 is 0 Å². The molecule has 1 saturated heterocycles. The Kier molecular flexibility index (Phi) is 8.61. The lowest BCUT2D eigenvalue weighted by Crippen LogP contribution is -2.55. The van der Waals surface area contributed by atoms with E-state index in [9.17, 15) is 15.0 Å². The van der Waals surface area contributed by atoms with Crippen LogP contribution in [-0.2, 0) is 14.3 Å². The molecule has 6 nitrogen and oxygen atoms in total. The number of hydrogen-bond donors (Lipinski definition) is 3. The zero-order chi connectivity index (χ0) is 16.5. The van der Waals surface area contributed by atoms with Crippen molar-refractivity contribution < 1.29 is 29.6 Å². The Labute approximate surface area is 131 Å². The zero-order valence-electron chi connectivity index (χ0n) is 13.0. The molecule has 0 aromatic rings. The number of aliphatic hydroxyl groups is 3. The van der Waals surface area contributed by atoms with E-state index in [2.05, 4.69) is 5.92 Å². The lowest BCUT2D eigenvalue weighted by Gasteiger charge is -2.40. The minimum atomic E-state index is -1.12. The zero-order valence-corrected chi connectivity index (χ0v) is 13.0. The van der Waals surface area contributed by atoms with Crippen LogP contribution in [0.15, 0.2) is 0 Å². The molecular weight excluding hydrogens is 288 g/mol. The van der Waals surface area contributed by atoms with Gasteiger partial charge in [-0.15, -0.1) is 12.3 Å². The van der Waals surface area contributed by atoms with Gasteiger partial charge >= 0.3 is 0 Å². The minimum Gasteiger partial charge on any atom is -0.394 e. The van der Waals surface area contributed by atoms with E-state index in [4.69, 9.17) is 21.0 Å². The Morgan fingerprint density at radius 3 is 2.64 bits per heavy atom. The van der Waals surface area contributed by atoms with Gasteiger partial charge in [0.05, 0.1) is 12.7 Å². The van der Waals surface area contributed by atoms with Crippen LogP contribution in [-0.4, -0.2) is 58.9 Å². The number of hydrogen-bond acceptors (Lipinski definition) is 6. The molecule has 0 radical (unpaired) electrons. The Bertz CT molecular complexity index is 375. The van der Waals surface area contributed by atoms with Crippen LogP contribution in [0.25, 0.3) is 0 Å². The first kappa shape index (κ1) is 19.1. The van der Waals surface area contributed by atoms with Crippen molar-refractivity contribution in [3.05, 3.63) is 0 Å². The van der Waals surface area contributed by atoms with Gasteiger partial charge in [-0.25, -0.2) is 0 Å². The number of carbonyl (C=O) groups excluding carboxylic acids is 1. The molecule has 0 aromatic carbocycles. The lowest BCUT2D eigenvalue weighted by molar-refractivity contribution is -0.282. The van der Waals surface area contributed by atoms with Gasteiger partial charge in [0.1, 0.15) is 18.0 Å². The molecular formula is C16H26O6. The molecule has 5 atom stereocenters. The summed E-state index contributed by atoms with van der Waals surface area (Å²) in [4.78, 5) is 11.4. The first-order valence-corrected chi connectivity index (χ1v) is 7.70. The third kappa shape index (κ3) is 5.67. The van der Waals surface area contributed by atoms with E-state index in [0.29, 0.717) is 38.7 Å². The molecule has 0 spiro atoms. The number of rotatable bonds is 9. The van der Waals surface area contributed by atoms with Gasteiger partial charge < -0.3 is 24.8 Å². The van der Waals surface area contributed by atoms with E-state index in [1.165, 1.54) is 0 Å². The standard InChI is InChI=1S/C16H26O6/c1-3-4-7-12(18)8-5-6-9-21-16-11(2)14(19)15(20)13(10-17)22-16/h1,11,13-17,19-20H,4-10H2,2H3. The summed E-state index contributed by atoms with van der Waals surface area (Å²) >= 11 is 0. The van der Waals surface area contributed by atoms with Crippen LogP contribution in [0.1, 0.15) is 39.0 Å². The fourth-order valence-corrected chi connectivity index (χ4v) is 2.37. The average molecular weight is 314 g/mol. The van der Waals surface area contributed by atoms with Crippen molar-refractivity contribution >= 4 is 5.78 Å². The van der Waals surface area contributed by atoms with Crippen molar-refractivity contribution in [3.63, 3.8) is 0 Å². The molecule has 0 bridgehead atoms. The highest BCUT2D eigenvalue weighted by atomic mass is 16.7. The topological polar surface area (TPSA) is 96.2 Å². The summed E-state index contributed by atoms with van der Waals surface area (Å²) in [6.07, 6.45) is 4.24. The van der Waals surface area contributed by atoms with Crippen LogP contribution in [0.3, 0.4) is 0 Å². The third-order valence-corrected chi connectivity index (χ3v) is 3.87. The normalized spacial score (nSPS) is 31.7. The summed E-state index contributed by atoms with van der Waals surface area (Å²) in [7, 11) is 0. The molecule has 0 amide bonds. The summed E-state index contributed by atoms with van der Waals surface area (Å²) in [5, 5.41) is 28.7. The van der Waals surface area contributed by atoms with Gasteiger partial charge in [0.15, 0.2) is 6.29 Å². The molecule has 6 heteroatoms. The molecule has 1 aliphatic rings. The largest absolute Gasteiger partial charge is 0.394 e. The molecule has 1 aliphatic heterocycles. The van der Waals surface area contributed by atoms with Gasteiger partial charge in [0.25, 0.3) is 0 Å². The highest BCUT2D eigenvalue weighted by Gasteiger charge is 2.42. The maximum atomic E-state index is 11.4. The molecule has 0 saturated carbocycles. The van der Waals surface area contributed by atoms with Gasteiger partial charge in [0, 0.05) is 31.8 Å². The summed E-state index contributed by atoms with van der Waals surface area (Å²) < 4.78 is 11.0. The summed E-state index contributed by atoms with van der Waals surface area (Å²) in [5.41, 5.74) is 0. The van der Waals surface area contributed by atoms with E-state index < -0.39 is 30.5 Å². The highest BCUT2D eigenvalue weighted by Crippen LogP contribution is 2.26. The lowest BCUT2D eigenvalue weighted by atomic mass is 9.92. The van der Waals surface area contributed by atoms with Crippen molar-refractivity contribution in [1.29, 1.82) is 0 Å². The van der Waals surface area contributed by atoms with Crippen molar-refractivity contribution in [2.24, 2.45) is 5.92 Å². The predicted molar refractivity (Wildman–Crippen MR) is 79.8 cm³/mol. The van der Waals surface area contributed by atoms with E-state index in [0.717, 1.165) is 0 Å². The second kappa shape index (κ2) is 9.93. The number of carbonyl (C=O) groups is 1. The third-order valence-electron chi connectivity index (χ3n) is 3.87. The molecule has 126 valence electrons. The van der Waals surface area contributed by atoms with Gasteiger partial charge in [-0.2, -0.15) is 0 Å². The Morgan fingerprint density at radius 1 is 1.27 bits per heavy atom. The molecule has 5 unspecified atom stereocenters. The SMILES string of the molecule is C#CCCC(=O)CCCCOC1OC(CO)C(O)C(O)C1C. The Hall–Kier alpha value is -0.970. The Balaban J connectivity index is 2.24. The van der Waals surface area contributed by atoms with E-state index in [1.54, 1.807) is 6.92 Å². The monoisotopic (exact) mass is 314 g/mol. The maximum absolute atomic E-state index is 11.4. The van der Waals surface area contributed by atoms with Crippen molar-refractivity contribution in [2.45, 2.75) is 63.6 Å². The number of aliphatic hydroxyl groups excluding tert-OH is 3. The van der Waals surface area contributed by atoms with Crippen molar-refractivity contribution in [2.75, 3.05) is 13.2 Å². The van der Waals surface area contributed by atoms with Crippen molar-refractivity contribution in [1.82, 2.24) is 0 Å². The molecule has 1 rings (SSSR count). The molecule has 1 fully saturated rings. The van der Waals surface area contributed by atoms with Crippen LogP contribution < -0.4 is 0 Å². The summed E-state index contributed by atoms with van der Waals surface area (Å²) in [5.74, 6) is 2.20. The highest BCUT2D eigenvalue weighted by molar-refractivity contribution is 5.78. The molecule has 3 N–H and O–H groups in total. The molecule has 1 heterocycles. The van der Waals surface area contributed by atoms with Crippen LogP contribution in [0, 0.1) is 18.3 Å². The molecule has 0 aromatic heterocycles. The quantitative estimate of drug-likeness (QED) is 0.416. The number of Topliss-reactive ketones (excluding diaryl/α,β-unsaturated/α-hetero) is 1. The van der Waals surface area contributed by atoms with E-state index >= 15 is 0 Å².